The number of hydroxylamine groups is 3. The van der Waals surface area contributed by atoms with E-state index in [0.717, 1.165) is 6.20 Å². The van der Waals surface area contributed by atoms with Crippen LogP contribution in [0.2, 0.25) is 0 Å². The first kappa shape index (κ1) is 10.7. The van der Waals surface area contributed by atoms with Gasteiger partial charge < -0.3 is 15.3 Å². The zero-order valence-corrected chi connectivity index (χ0v) is 7.62. The Hall–Kier alpha value is -2.80. The van der Waals surface area contributed by atoms with E-state index in [-0.39, 0.29) is 5.69 Å². The second-order valence-corrected chi connectivity index (χ2v) is 2.57. The smallest absolute Gasteiger partial charge is 0.453 e. The first-order chi connectivity index (χ1) is 8.02. The van der Waals surface area contributed by atoms with Crippen molar-refractivity contribution in [3.05, 3.63) is 43.1 Å². The van der Waals surface area contributed by atoms with Gasteiger partial charge >= 0.3 is 5.82 Å². The first-order valence-corrected chi connectivity index (χ1v) is 3.78. The topological polar surface area (TPSA) is 164 Å². The van der Waals surface area contributed by atoms with Crippen molar-refractivity contribution in [2.75, 3.05) is 0 Å². The van der Waals surface area contributed by atoms with Crippen LogP contribution in [-0.2, 0) is 4.94 Å². The Balaban J connectivity index is 2.56. The monoisotopic (exact) mass is 245 g/mol. The van der Waals surface area contributed by atoms with Crippen LogP contribution in [0.4, 0.5) is 0 Å². The van der Waals surface area contributed by atoms with Crippen LogP contribution in [0.25, 0.3) is 5.70 Å². The molecule has 1 aliphatic rings. The van der Waals surface area contributed by atoms with Gasteiger partial charge in [0.15, 0.2) is 11.4 Å². The lowest BCUT2D eigenvalue weighted by atomic mass is 10.3. The molecule has 0 atom stereocenters. The number of nitro groups is 2. The van der Waals surface area contributed by atoms with E-state index in [2.05, 4.69) is 19.9 Å². The average molecular weight is 245 g/mol. The summed E-state index contributed by atoms with van der Waals surface area (Å²) in [6.07, 6.45) is 0.872. The van der Waals surface area contributed by atoms with Gasteiger partial charge in [0.1, 0.15) is 6.20 Å². The highest BCUT2D eigenvalue weighted by Crippen LogP contribution is 2.30. The molecule has 13 nitrogen and oxygen atoms in total. The van der Waals surface area contributed by atoms with Gasteiger partial charge in [-0.2, -0.15) is 0 Å². The summed E-state index contributed by atoms with van der Waals surface area (Å²) in [7, 11) is 0. The molecule has 0 saturated carbocycles. The quantitative estimate of drug-likeness (QED) is 0.479. The summed E-state index contributed by atoms with van der Waals surface area (Å²) in [5.41, 5.74) is -1.15. The maximum atomic E-state index is 11.2. The maximum absolute atomic E-state index is 11.2. The second-order valence-electron chi connectivity index (χ2n) is 2.57. The van der Waals surface area contributed by atoms with Crippen molar-refractivity contribution in [1.29, 1.82) is 0 Å². The molecule has 1 aliphatic heterocycles. The molecule has 0 aliphatic carbocycles. The molecule has 0 saturated heterocycles. The Morgan fingerprint density at radius 1 is 1.35 bits per heavy atom. The van der Waals surface area contributed by atoms with Crippen LogP contribution < -0.4 is 0 Å². The standard InChI is InChI=1S/C4HN6O7/c11-8(12)4-3(2-1-5-16-6-2)9(13)17-7(4)10(14)15/h1H/q-1. The minimum Gasteiger partial charge on any atom is -0.730 e. The summed E-state index contributed by atoms with van der Waals surface area (Å²) in [5.74, 6) is -1.19. The van der Waals surface area contributed by atoms with E-state index in [1.165, 1.54) is 0 Å². The van der Waals surface area contributed by atoms with Gasteiger partial charge in [0.2, 0.25) is 5.17 Å². The number of aromatic nitrogens is 2. The third-order valence-corrected chi connectivity index (χ3v) is 1.65. The normalized spacial score (nSPS) is 15.6. The second kappa shape index (κ2) is 3.65. The summed E-state index contributed by atoms with van der Waals surface area (Å²) in [6, 6.07) is 0. The van der Waals surface area contributed by atoms with Gasteiger partial charge in [0.25, 0.3) is 5.03 Å². The molecule has 0 unspecified atom stereocenters. The van der Waals surface area contributed by atoms with Crippen molar-refractivity contribution in [2.24, 2.45) is 0 Å². The number of hydrogen-bond donors (Lipinski definition) is 0. The molecular formula is C4HN6O7-. The van der Waals surface area contributed by atoms with Gasteiger partial charge in [-0.25, -0.2) is 14.7 Å². The number of nitrogens with zero attached hydrogens (tertiary/aromatic N) is 6. The van der Waals surface area contributed by atoms with Crippen LogP contribution in [0.3, 0.4) is 0 Å². The molecule has 17 heavy (non-hydrogen) atoms. The SMILES string of the molecule is O=[N+]([O-])C1=C(c2cnon2)N([O-])ON1[N+](=O)[O-]. The Morgan fingerprint density at radius 2 is 2.06 bits per heavy atom. The highest BCUT2D eigenvalue weighted by Gasteiger charge is 2.49. The van der Waals surface area contributed by atoms with Gasteiger partial charge in [-0.05, 0) is 15.0 Å². The van der Waals surface area contributed by atoms with Crippen LogP contribution in [0, 0.1) is 25.4 Å². The Kier molecular flexibility index (Phi) is 2.30. The van der Waals surface area contributed by atoms with Crippen LogP contribution in [-0.4, -0.2) is 30.7 Å². The van der Waals surface area contributed by atoms with E-state index in [9.17, 15) is 25.4 Å². The molecule has 13 heteroatoms. The molecular weight excluding hydrogens is 244 g/mol. The predicted molar refractivity (Wildman–Crippen MR) is 43.3 cm³/mol. The molecule has 0 fully saturated rings. The van der Waals surface area contributed by atoms with Gasteiger partial charge in [0.05, 0.1) is 0 Å². The predicted octanol–water partition coefficient (Wildman–Crippen LogP) is -0.874. The van der Waals surface area contributed by atoms with Gasteiger partial charge in [-0.1, -0.05) is 5.16 Å². The van der Waals surface area contributed by atoms with Crippen molar-refractivity contribution in [2.45, 2.75) is 0 Å². The fourth-order valence-electron chi connectivity index (χ4n) is 1.06. The van der Waals surface area contributed by atoms with Crippen molar-refractivity contribution in [3.63, 3.8) is 0 Å². The molecule has 0 radical (unpaired) electrons. The molecule has 2 heterocycles. The Bertz CT molecular complexity index is 494. The summed E-state index contributed by atoms with van der Waals surface area (Å²) in [6.45, 7) is 0. The Morgan fingerprint density at radius 3 is 2.53 bits per heavy atom. The van der Waals surface area contributed by atoms with Gasteiger partial charge in [0, 0.05) is 0 Å². The van der Waals surface area contributed by atoms with E-state index in [4.69, 9.17) is 0 Å². The summed E-state index contributed by atoms with van der Waals surface area (Å²) < 4.78 is 4.13. The van der Waals surface area contributed by atoms with Crippen LogP contribution in [0.5, 0.6) is 0 Å². The number of rotatable bonds is 3. The van der Waals surface area contributed by atoms with Crippen LogP contribution in [0.15, 0.2) is 16.6 Å². The number of hydrazine groups is 1. The molecule has 2 rings (SSSR count). The van der Waals surface area contributed by atoms with Crippen molar-refractivity contribution in [3.8, 4) is 0 Å². The highest BCUT2D eigenvalue weighted by atomic mass is 17.0. The molecule has 1 aromatic heterocycles. The highest BCUT2D eigenvalue weighted by molar-refractivity contribution is 5.61. The lowest BCUT2D eigenvalue weighted by Crippen LogP contribution is -2.30. The summed E-state index contributed by atoms with van der Waals surface area (Å²) >= 11 is 0. The fraction of sp³-hybridized carbons (Fsp3) is 0. The summed E-state index contributed by atoms with van der Waals surface area (Å²) in [5, 5.41) is 36.4. The molecule has 0 bridgehead atoms. The van der Waals surface area contributed by atoms with E-state index in [0.29, 0.717) is 0 Å². The van der Waals surface area contributed by atoms with E-state index in [1.54, 1.807) is 0 Å². The van der Waals surface area contributed by atoms with E-state index in [1.807, 2.05) is 0 Å². The molecule has 0 aromatic carbocycles. The largest absolute Gasteiger partial charge is 0.730 e. The lowest BCUT2D eigenvalue weighted by Gasteiger charge is -2.16. The first-order valence-electron chi connectivity index (χ1n) is 3.78. The molecule has 0 spiro atoms. The van der Waals surface area contributed by atoms with Gasteiger partial charge in [-0.15, -0.1) is 0 Å². The molecule has 0 amide bonds. The van der Waals surface area contributed by atoms with E-state index < -0.39 is 31.9 Å². The summed E-state index contributed by atoms with van der Waals surface area (Å²) in [4.78, 5) is 23.9. The Labute approximate surface area is 90.2 Å². The minimum absolute atomic E-state index is 0.365. The number of hydrogen-bond acceptors (Lipinski definition) is 10. The molecule has 90 valence electrons. The van der Waals surface area contributed by atoms with Crippen molar-refractivity contribution < 1.29 is 19.5 Å². The minimum atomic E-state index is -1.27. The maximum Gasteiger partial charge on any atom is 0.453 e. The molecule has 1 aromatic rings. The van der Waals surface area contributed by atoms with Gasteiger partial charge in [-0.3, -0.25) is 5.23 Å². The van der Waals surface area contributed by atoms with Crippen molar-refractivity contribution in [1.82, 2.24) is 20.7 Å². The molecule has 0 N–H and O–H groups in total. The average Bonchev–Trinajstić information content (AvgIpc) is 2.83. The zero-order valence-electron chi connectivity index (χ0n) is 7.62. The lowest BCUT2D eigenvalue weighted by molar-refractivity contribution is -0.757. The third kappa shape index (κ3) is 1.60. The van der Waals surface area contributed by atoms with Crippen LogP contribution >= 0.6 is 0 Å². The van der Waals surface area contributed by atoms with Crippen LogP contribution in [0.1, 0.15) is 5.69 Å². The van der Waals surface area contributed by atoms with Crippen molar-refractivity contribution >= 4 is 5.70 Å². The van der Waals surface area contributed by atoms with E-state index >= 15 is 0 Å². The zero-order chi connectivity index (χ0) is 12.6. The fourth-order valence-corrected chi connectivity index (χ4v) is 1.06. The third-order valence-electron chi connectivity index (χ3n) is 1.65.